The normalized spacial score (nSPS) is 11.3. The molecule has 0 fully saturated rings. The summed E-state index contributed by atoms with van der Waals surface area (Å²) in [7, 11) is -2.45. The number of carbonyl (C=O) groups is 1. The Labute approximate surface area is 209 Å². The zero-order chi connectivity index (χ0) is 26.5. The molecule has 192 valence electrons. The number of hydrogen-bond acceptors (Lipinski definition) is 8. The summed E-state index contributed by atoms with van der Waals surface area (Å²) < 4.78 is 71.7. The van der Waals surface area contributed by atoms with E-state index >= 15 is 0 Å². The van der Waals surface area contributed by atoms with E-state index < -0.39 is 26.0 Å². The first kappa shape index (κ1) is 26.6. The summed E-state index contributed by atoms with van der Waals surface area (Å²) in [6.07, 6.45) is 0. The van der Waals surface area contributed by atoms with Crippen LogP contribution in [0.5, 0.6) is 17.2 Å². The van der Waals surface area contributed by atoms with Gasteiger partial charge in [-0.25, -0.2) is 16.8 Å². The van der Waals surface area contributed by atoms with Crippen LogP contribution in [-0.4, -0.2) is 51.1 Å². The Morgan fingerprint density at radius 1 is 0.694 bits per heavy atom. The lowest BCUT2D eigenvalue weighted by atomic mass is 10.2. The Balaban J connectivity index is 1.83. The Morgan fingerprint density at radius 3 is 1.89 bits per heavy atom. The standard InChI is InChI=1S/C23H25N3O8S2/c1-24-23(27)19-14-18(10-12-21(19)33-3)36(30,31)25-15-5-8-17(9-6-15)35(28,29)26-20-11-7-16(32-2)13-22(20)34-4/h5-14,25-26H,1-4H3,(H,24,27). The molecule has 0 aromatic heterocycles. The molecule has 0 unspecified atom stereocenters. The number of methoxy groups -OCH3 is 3. The predicted octanol–water partition coefficient (Wildman–Crippen LogP) is 2.67. The number of sulfonamides is 2. The third-order valence-corrected chi connectivity index (χ3v) is 7.78. The molecular weight excluding hydrogens is 510 g/mol. The smallest absolute Gasteiger partial charge is 0.262 e. The average Bonchev–Trinajstić information content (AvgIpc) is 2.87. The highest BCUT2D eigenvalue weighted by Gasteiger charge is 2.21. The molecule has 0 aliphatic heterocycles. The average molecular weight is 536 g/mol. The van der Waals surface area contributed by atoms with E-state index in [2.05, 4.69) is 14.8 Å². The molecule has 36 heavy (non-hydrogen) atoms. The maximum Gasteiger partial charge on any atom is 0.262 e. The molecule has 0 bridgehead atoms. The van der Waals surface area contributed by atoms with Crippen molar-refractivity contribution in [3.05, 3.63) is 66.2 Å². The molecular formula is C23H25N3O8S2. The van der Waals surface area contributed by atoms with E-state index in [9.17, 15) is 21.6 Å². The van der Waals surface area contributed by atoms with Crippen LogP contribution >= 0.6 is 0 Å². The second kappa shape index (κ2) is 10.7. The molecule has 3 aromatic rings. The molecule has 3 rings (SSSR count). The summed E-state index contributed by atoms with van der Waals surface area (Å²) >= 11 is 0. The minimum absolute atomic E-state index is 0.0457. The van der Waals surface area contributed by atoms with Gasteiger partial charge in [0.2, 0.25) is 0 Å². The maximum absolute atomic E-state index is 12.9. The highest BCUT2D eigenvalue weighted by atomic mass is 32.2. The number of ether oxygens (including phenoxy) is 3. The van der Waals surface area contributed by atoms with Gasteiger partial charge in [-0.2, -0.15) is 0 Å². The van der Waals surface area contributed by atoms with Gasteiger partial charge >= 0.3 is 0 Å². The monoisotopic (exact) mass is 535 g/mol. The van der Waals surface area contributed by atoms with Gasteiger partial charge in [0.15, 0.2) is 0 Å². The van der Waals surface area contributed by atoms with Crippen molar-refractivity contribution in [2.24, 2.45) is 0 Å². The molecule has 13 heteroatoms. The summed E-state index contributed by atoms with van der Waals surface area (Å²) in [5, 5.41) is 2.42. The number of carbonyl (C=O) groups excluding carboxylic acids is 1. The van der Waals surface area contributed by atoms with Crippen molar-refractivity contribution >= 4 is 37.3 Å². The predicted molar refractivity (Wildman–Crippen MR) is 134 cm³/mol. The molecule has 0 radical (unpaired) electrons. The van der Waals surface area contributed by atoms with E-state index in [1.54, 1.807) is 6.07 Å². The highest BCUT2D eigenvalue weighted by Crippen LogP contribution is 2.31. The van der Waals surface area contributed by atoms with E-state index in [-0.39, 0.29) is 38.2 Å². The fraction of sp³-hybridized carbons (Fsp3) is 0.174. The van der Waals surface area contributed by atoms with E-state index in [4.69, 9.17) is 14.2 Å². The molecule has 0 heterocycles. The van der Waals surface area contributed by atoms with Crippen LogP contribution in [0.25, 0.3) is 0 Å². The van der Waals surface area contributed by atoms with Gasteiger partial charge in [-0.05, 0) is 54.6 Å². The van der Waals surface area contributed by atoms with Crippen LogP contribution in [0, 0.1) is 0 Å². The third-order valence-electron chi connectivity index (χ3n) is 5.02. The van der Waals surface area contributed by atoms with Crippen molar-refractivity contribution in [3.8, 4) is 17.2 Å². The molecule has 0 atom stereocenters. The summed E-state index contributed by atoms with van der Waals surface area (Å²) in [5.74, 6) is 0.451. The van der Waals surface area contributed by atoms with Gasteiger partial charge in [0.1, 0.15) is 17.2 Å². The second-order valence-corrected chi connectivity index (χ2v) is 10.6. The molecule has 0 aliphatic carbocycles. The molecule has 3 N–H and O–H groups in total. The van der Waals surface area contributed by atoms with Crippen molar-refractivity contribution in [1.82, 2.24) is 5.32 Å². The van der Waals surface area contributed by atoms with Crippen LogP contribution in [0.1, 0.15) is 10.4 Å². The van der Waals surface area contributed by atoms with Crippen LogP contribution in [0.3, 0.4) is 0 Å². The van der Waals surface area contributed by atoms with Gasteiger partial charge in [0, 0.05) is 18.8 Å². The van der Waals surface area contributed by atoms with Crippen LogP contribution in [0.4, 0.5) is 11.4 Å². The quantitative estimate of drug-likeness (QED) is 0.359. The SMILES string of the molecule is CNC(=O)c1cc(S(=O)(=O)Nc2ccc(S(=O)(=O)Nc3ccc(OC)cc3OC)cc2)ccc1OC. The molecule has 1 amide bonds. The summed E-state index contributed by atoms with van der Waals surface area (Å²) in [6.45, 7) is 0. The van der Waals surface area contributed by atoms with Crippen LogP contribution in [-0.2, 0) is 20.0 Å². The maximum atomic E-state index is 12.9. The zero-order valence-electron chi connectivity index (χ0n) is 19.9. The second-order valence-electron chi connectivity index (χ2n) is 7.24. The van der Waals surface area contributed by atoms with Gasteiger partial charge in [-0.3, -0.25) is 14.2 Å². The van der Waals surface area contributed by atoms with Gasteiger partial charge < -0.3 is 19.5 Å². The van der Waals surface area contributed by atoms with Gasteiger partial charge in [0.05, 0.1) is 42.4 Å². The topological polar surface area (TPSA) is 149 Å². The number of anilines is 2. The largest absolute Gasteiger partial charge is 0.497 e. The van der Waals surface area contributed by atoms with Crippen molar-refractivity contribution in [1.29, 1.82) is 0 Å². The number of amides is 1. The minimum atomic E-state index is -4.09. The van der Waals surface area contributed by atoms with Crippen molar-refractivity contribution in [2.75, 3.05) is 37.8 Å². The lowest BCUT2D eigenvalue weighted by Gasteiger charge is -2.14. The molecule has 0 saturated carbocycles. The minimum Gasteiger partial charge on any atom is -0.497 e. The molecule has 11 nitrogen and oxygen atoms in total. The lowest BCUT2D eigenvalue weighted by Crippen LogP contribution is -2.20. The van der Waals surface area contributed by atoms with Crippen molar-refractivity contribution in [2.45, 2.75) is 9.79 Å². The summed E-state index contributed by atoms with van der Waals surface area (Å²) in [5.41, 5.74) is 0.368. The zero-order valence-corrected chi connectivity index (χ0v) is 21.5. The molecule has 0 spiro atoms. The number of benzene rings is 3. The summed E-state index contributed by atoms with van der Waals surface area (Å²) in [6, 6.07) is 13.6. The fourth-order valence-electron chi connectivity index (χ4n) is 3.17. The number of nitrogens with one attached hydrogen (secondary N) is 3. The van der Waals surface area contributed by atoms with E-state index in [1.165, 1.54) is 83.0 Å². The van der Waals surface area contributed by atoms with Gasteiger partial charge in [-0.1, -0.05) is 0 Å². The molecule has 0 aliphatic rings. The van der Waals surface area contributed by atoms with Crippen LogP contribution in [0.15, 0.2) is 70.5 Å². The first-order valence-corrected chi connectivity index (χ1v) is 13.3. The first-order valence-electron chi connectivity index (χ1n) is 10.3. The highest BCUT2D eigenvalue weighted by molar-refractivity contribution is 7.93. The van der Waals surface area contributed by atoms with E-state index in [1.807, 2.05) is 0 Å². The molecule has 0 saturated heterocycles. The summed E-state index contributed by atoms with van der Waals surface area (Å²) in [4.78, 5) is 11.8. The van der Waals surface area contributed by atoms with Crippen LogP contribution in [0.2, 0.25) is 0 Å². The Bertz CT molecular complexity index is 1470. The van der Waals surface area contributed by atoms with Gasteiger partial charge in [-0.15, -0.1) is 0 Å². The van der Waals surface area contributed by atoms with Crippen molar-refractivity contribution < 1.29 is 35.8 Å². The fourth-order valence-corrected chi connectivity index (χ4v) is 5.32. The van der Waals surface area contributed by atoms with Crippen LogP contribution < -0.4 is 29.0 Å². The van der Waals surface area contributed by atoms with E-state index in [0.717, 1.165) is 0 Å². The van der Waals surface area contributed by atoms with E-state index in [0.29, 0.717) is 5.75 Å². The third kappa shape index (κ3) is 5.80. The lowest BCUT2D eigenvalue weighted by molar-refractivity contribution is 0.0960. The Morgan fingerprint density at radius 2 is 1.31 bits per heavy atom. The number of rotatable bonds is 10. The first-order chi connectivity index (χ1) is 17.0. The van der Waals surface area contributed by atoms with Gasteiger partial charge in [0.25, 0.3) is 26.0 Å². The molecule has 3 aromatic carbocycles. The number of hydrogen-bond donors (Lipinski definition) is 3. The Hall–Kier alpha value is -3.97. The Kier molecular flexibility index (Phi) is 7.95. The van der Waals surface area contributed by atoms with Crippen molar-refractivity contribution in [3.63, 3.8) is 0 Å².